The van der Waals surface area contributed by atoms with Gasteiger partial charge in [-0.25, -0.2) is 19.6 Å². The van der Waals surface area contributed by atoms with Gasteiger partial charge in [0.2, 0.25) is 0 Å². The van der Waals surface area contributed by atoms with E-state index in [0.717, 1.165) is 44.2 Å². The smallest absolute Gasteiger partial charge is 0.367 e. The fraction of sp³-hybridized carbons (Fsp3) is 0.0545. The molecular formula is C55H28N2O9S4. The van der Waals surface area contributed by atoms with Crippen molar-refractivity contribution >= 4 is 133 Å². The van der Waals surface area contributed by atoms with Crippen LogP contribution in [0.25, 0.3) is 62.5 Å². The van der Waals surface area contributed by atoms with Crippen LogP contribution in [0.1, 0.15) is 68.1 Å². The number of fused-ring (bicyclic) bond motifs is 11. The first kappa shape index (κ1) is 42.1. The van der Waals surface area contributed by atoms with Gasteiger partial charge in [-0.1, -0.05) is 109 Å². The lowest BCUT2D eigenvalue weighted by Gasteiger charge is -2.33. The zero-order valence-electron chi connectivity index (χ0n) is 36.0. The summed E-state index contributed by atoms with van der Waals surface area (Å²) in [5.74, 6) is -3.59. The number of ketones is 4. The van der Waals surface area contributed by atoms with Crippen LogP contribution >= 0.6 is 45.3 Å². The lowest BCUT2D eigenvalue weighted by molar-refractivity contribution is -0.183. The van der Waals surface area contributed by atoms with Gasteiger partial charge in [0.05, 0.1) is 31.2 Å². The second kappa shape index (κ2) is 16.0. The normalized spacial score (nSPS) is 14.5. The number of aromatic nitrogens is 2. The molecule has 0 radical (unpaired) electrons. The Kier molecular flexibility index (Phi) is 9.61. The topological polar surface area (TPSA) is 156 Å². The predicted octanol–water partition coefficient (Wildman–Crippen LogP) is 12.0. The van der Waals surface area contributed by atoms with Gasteiger partial charge in [-0.2, -0.15) is 0 Å². The Bertz CT molecular complexity index is 3890. The molecular weight excluding hydrogens is 961 g/mol. The van der Waals surface area contributed by atoms with E-state index in [1.807, 2.05) is 60.7 Å². The number of carbonyl (C=O) groups is 6. The number of rotatable bonds is 8. The summed E-state index contributed by atoms with van der Waals surface area (Å²) in [6.07, 6.45) is 2.93. The zero-order valence-corrected chi connectivity index (χ0v) is 39.2. The van der Waals surface area contributed by atoms with Gasteiger partial charge in [0, 0.05) is 22.3 Å². The van der Waals surface area contributed by atoms with Crippen molar-refractivity contribution in [3.8, 4) is 15.5 Å². The average Bonchev–Trinajstić information content (AvgIpc) is 4.22. The van der Waals surface area contributed by atoms with Gasteiger partial charge in [-0.05, 0) is 69.1 Å². The molecule has 0 atom stereocenters. The fourth-order valence-electron chi connectivity index (χ4n) is 9.18. The van der Waals surface area contributed by atoms with Crippen molar-refractivity contribution in [3.63, 3.8) is 0 Å². The van der Waals surface area contributed by atoms with Crippen LogP contribution in [0.2, 0.25) is 0 Å². The van der Waals surface area contributed by atoms with E-state index in [2.05, 4.69) is 0 Å². The van der Waals surface area contributed by atoms with Gasteiger partial charge in [-0.15, -0.1) is 45.3 Å². The van der Waals surface area contributed by atoms with E-state index in [1.165, 1.54) is 34.8 Å². The van der Waals surface area contributed by atoms with E-state index in [4.69, 9.17) is 24.2 Å². The fourth-order valence-corrected chi connectivity index (χ4v) is 14.1. The average molecular weight is 989 g/mol. The Morgan fingerprint density at radius 1 is 0.500 bits per heavy atom. The van der Waals surface area contributed by atoms with Crippen molar-refractivity contribution in [2.24, 2.45) is 0 Å². The third kappa shape index (κ3) is 6.50. The highest BCUT2D eigenvalue weighted by molar-refractivity contribution is 7.34. The van der Waals surface area contributed by atoms with Crippen LogP contribution in [0.15, 0.2) is 145 Å². The molecule has 0 unspecified atom stereocenters. The maximum absolute atomic E-state index is 15.2. The number of allylic oxidation sites excluding steroid dienone is 2. The molecule has 11 nitrogen and oxygen atoms in total. The molecule has 70 heavy (non-hydrogen) atoms. The summed E-state index contributed by atoms with van der Waals surface area (Å²) in [6, 6.07) is 39.9. The van der Waals surface area contributed by atoms with Crippen LogP contribution in [0.5, 0.6) is 5.75 Å². The van der Waals surface area contributed by atoms with E-state index >= 15 is 9.59 Å². The Labute approximate surface area is 411 Å². The first-order chi connectivity index (χ1) is 34.1. The molecule has 15 heteroatoms. The molecule has 1 aliphatic heterocycles. The van der Waals surface area contributed by atoms with Gasteiger partial charge < -0.3 is 14.2 Å². The van der Waals surface area contributed by atoms with E-state index in [9.17, 15) is 19.2 Å². The number of Topliss-reactive ketones (excluding diaryl/α,β-unsaturated/α-hetero) is 4. The molecule has 0 spiro atoms. The van der Waals surface area contributed by atoms with Crippen LogP contribution in [0.3, 0.4) is 0 Å². The first-order valence-corrected chi connectivity index (χ1v) is 25.1. The number of nitrogens with zero attached hydrogens (tertiary/aromatic N) is 2. The molecule has 2 aliphatic carbocycles. The molecule has 5 heterocycles. The van der Waals surface area contributed by atoms with Crippen molar-refractivity contribution < 1.29 is 43.0 Å². The number of hydrogen-bond acceptors (Lipinski definition) is 15. The molecule has 13 rings (SSSR count). The number of thiazole rings is 2. The van der Waals surface area contributed by atoms with Crippen LogP contribution in [-0.4, -0.2) is 45.0 Å². The Morgan fingerprint density at radius 3 is 1.33 bits per heavy atom. The third-order valence-corrected chi connectivity index (χ3v) is 17.2. The van der Waals surface area contributed by atoms with E-state index in [-0.39, 0.29) is 35.7 Å². The lowest BCUT2D eigenvalue weighted by Crippen LogP contribution is -2.52. The zero-order chi connectivity index (χ0) is 47.4. The Hall–Kier alpha value is -8.08. The minimum atomic E-state index is -2.56. The summed E-state index contributed by atoms with van der Waals surface area (Å²) in [7, 11) is 0. The maximum Gasteiger partial charge on any atom is 0.367 e. The Morgan fingerprint density at radius 2 is 0.886 bits per heavy atom. The summed E-state index contributed by atoms with van der Waals surface area (Å²) < 4.78 is 19.8. The van der Waals surface area contributed by atoms with Crippen molar-refractivity contribution in [2.75, 3.05) is 0 Å². The third-order valence-electron chi connectivity index (χ3n) is 12.6. The van der Waals surface area contributed by atoms with Crippen LogP contribution < -0.4 is 4.74 Å². The van der Waals surface area contributed by atoms with Crippen molar-refractivity contribution in [2.45, 2.75) is 18.8 Å². The first-order valence-electron chi connectivity index (χ1n) is 21.8. The molecule has 0 saturated carbocycles. The highest BCUT2D eigenvalue weighted by Gasteiger charge is 2.60. The van der Waals surface area contributed by atoms with Gasteiger partial charge in [0.25, 0.3) is 0 Å². The summed E-state index contributed by atoms with van der Waals surface area (Å²) in [5.41, 5.74) is 0.0785. The van der Waals surface area contributed by atoms with Crippen molar-refractivity contribution in [3.05, 3.63) is 194 Å². The summed E-state index contributed by atoms with van der Waals surface area (Å²) in [4.78, 5) is 97.3. The molecule has 336 valence electrons. The number of benzene rings is 6. The number of hydrogen-bond donors (Lipinski definition) is 0. The second-order valence-electron chi connectivity index (χ2n) is 16.8. The SMILES string of the molecule is O=C1C(=Cc2nc3sc4c(c3s2)OC(C(=O)OCc2ccccc2)(C(=O)OCc2ccccc2)c2c-4sc3nc(C=C4C(=O)c5cc6ccccc6cc5C4=O)sc23)C(=O)c2cc3ccccc3cc21. The van der Waals surface area contributed by atoms with Crippen LogP contribution in [-0.2, 0) is 37.9 Å². The van der Waals surface area contributed by atoms with E-state index in [0.29, 0.717) is 72.2 Å². The van der Waals surface area contributed by atoms with E-state index < -0.39 is 40.7 Å². The molecule has 0 N–H and O–H groups in total. The standard InChI is InChI=1S/C55H28N2O9S4/c58-42-33-19-29-15-7-8-16-30(29)20-34(33)43(59)37(42)23-39-56-51-48(67-39)41-47(69-51)49-46(66-55(41,53(62)64-25-27-11-3-1-4-12-27)54(63)65-26-28-13-5-2-6-14-28)50-52(70-49)57-40(68-50)24-38-44(60)35-21-31-17-9-10-18-32(31)22-36(35)45(38)61/h1-24H,25-26H2. The highest BCUT2D eigenvalue weighted by Crippen LogP contribution is 2.60. The Balaban J connectivity index is 0.951. The minimum Gasteiger partial charge on any atom is -0.457 e. The van der Waals surface area contributed by atoms with Gasteiger partial charge >= 0.3 is 17.5 Å². The van der Waals surface area contributed by atoms with Crippen molar-refractivity contribution in [1.29, 1.82) is 0 Å². The van der Waals surface area contributed by atoms with Gasteiger partial charge in [0.15, 0.2) is 28.9 Å². The van der Waals surface area contributed by atoms with Crippen molar-refractivity contribution in [1.82, 2.24) is 9.97 Å². The maximum atomic E-state index is 15.2. The number of esters is 2. The lowest BCUT2D eigenvalue weighted by atomic mass is 9.91. The number of carbonyl (C=O) groups excluding carboxylic acids is 6. The largest absolute Gasteiger partial charge is 0.457 e. The second-order valence-corrected chi connectivity index (χ2v) is 20.8. The number of ether oxygens (including phenoxy) is 3. The highest BCUT2D eigenvalue weighted by atomic mass is 32.1. The molecule has 3 aliphatic rings. The molecule has 0 saturated heterocycles. The monoisotopic (exact) mass is 988 g/mol. The summed E-state index contributed by atoms with van der Waals surface area (Å²) >= 11 is 4.71. The molecule has 0 bridgehead atoms. The van der Waals surface area contributed by atoms with Crippen LogP contribution in [0.4, 0.5) is 0 Å². The molecule has 6 aromatic carbocycles. The molecule has 0 amide bonds. The van der Waals surface area contributed by atoms with Gasteiger partial charge in [0.1, 0.15) is 37.6 Å². The molecule has 4 aromatic heterocycles. The van der Waals surface area contributed by atoms with Crippen LogP contribution in [0, 0.1) is 0 Å². The quantitative estimate of drug-likeness (QED) is 0.0618. The minimum absolute atomic E-state index is 0.0271. The molecule has 10 aromatic rings. The predicted molar refractivity (Wildman–Crippen MR) is 270 cm³/mol. The van der Waals surface area contributed by atoms with Gasteiger partial charge in [-0.3, -0.25) is 19.2 Å². The summed E-state index contributed by atoms with van der Waals surface area (Å²) in [5, 5.41) is 3.97. The molecule has 0 fully saturated rings. The van der Waals surface area contributed by atoms with E-state index in [1.54, 1.807) is 72.8 Å². The number of thiophene rings is 2. The summed E-state index contributed by atoms with van der Waals surface area (Å²) in [6.45, 7) is -0.410.